The molecule has 8 nitrogen and oxygen atoms in total. The maximum atomic E-state index is 18.3. The third-order valence-electron chi connectivity index (χ3n) is 15.6. The molecule has 1 aromatic carbocycles. The van der Waals surface area contributed by atoms with Crippen molar-refractivity contribution in [2.24, 2.45) is 28.1 Å². The second-order valence-corrected chi connectivity index (χ2v) is 30.5. The van der Waals surface area contributed by atoms with Gasteiger partial charge in [-0.3, -0.25) is 14.4 Å². The average molecular weight is 818 g/mol. The van der Waals surface area contributed by atoms with Crippen molar-refractivity contribution in [1.82, 2.24) is 5.48 Å². The summed E-state index contributed by atoms with van der Waals surface area (Å²) in [7, 11) is -4.26. The minimum atomic E-state index is -2.39. The van der Waals surface area contributed by atoms with E-state index in [2.05, 4.69) is 73.2 Å². The van der Waals surface area contributed by atoms with Crippen LogP contribution in [0.1, 0.15) is 94.1 Å². The Bertz CT molecular complexity index is 1720. The van der Waals surface area contributed by atoms with Gasteiger partial charge in [-0.25, -0.2) is 8.78 Å². The summed E-state index contributed by atoms with van der Waals surface area (Å²) < 4.78 is 53.5. The number of hydroxylamine groups is 1. The number of allylic oxidation sites excluding steroid dienone is 4. The maximum absolute atomic E-state index is 18.3. The molecule has 12 heteroatoms. The lowest BCUT2D eigenvalue weighted by Gasteiger charge is -2.68. The van der Waals surface area contributed by atoms with Gasteiger partial charge in [-0.2, -0.15) is 5.48 Å². The molecule has 0 spiro atoms. The van der Waals surface area contributed by atoms with Crippen LogP contribution in [0.15, 0.2) is 48.1 Å². The molecule has 3 fully saturated rings. The molecule has 4 aliphatic carbocycles. The molecule has 4 aliphatic rings. The van der Waals surface area contributed by atoms with E-state index in [-0.39, 0.29) is 47.4 Å². The van der Waals surface area contributed by atoms with Crippen LogP contribution in [0.5, 0.6) is 5.75 Å². The van der Waals surface area contributed by atoms with Gasteiger partial charge in [0, 0.05) is 22.8 Å². The lowest BCUT2D eigenvalue weighted by Crippen LogP contribution is -2.75. The number of aliphatic hydroxyl groups is 1. The summed E-state index contributed by atoms with van der Waals surface area (Å²) in [6.45, 7) is 29.7. The van der Waals surface area contributed by atoms with Gasteiger partial charge in [0.15, 0.2) is 39.5 Å². The van der Waals surface area contributed by atoms with Gasteiger partial charge in [-0.05, 0) is 110 Å². The fourth-order valence-electron chi connectivity index (χ4n) is 10.2. The predicted octanol–water partition coefficient (Wildman–Crippen LogP) is 9.39. The van der Waals surface area contributed by atoms with Crippen molar-refractivity contribution >= 4 is 28.2 Å². The smallest absolute Gasteiger partial charge is 0.192 e. The molecule has 0 saturated heterocycles. The number of carbonyl (C=O) groups is 2. The zero-order chi connectivity index (χ0) is 42.1. The number of ether oxygens (including phenoxy) is 1. The molecule has 9 atom stereocenters. The van der Waals surface area contributed by atoms with Crippen LogP contribution in [0.4, 0.5) is 8.78 Å². The molecule has 1 aromatic rings. The first-order valence-electron chi connectivity index (χ1n) is 20.4. The van der Waals surface area contributed by atoms with Gasteiger partial charge in [0.2, 0.25) is 0 Å². The van der Waals surface area contributed by atoms with Crippen molar-refractivity contribution in [1.29, 1.82) is 0 Å². The minimum Gasteiger partial charge on any atom is -0.491 e. The number of hydrogen-bond acceptors (Lipinski definition) is 8. The molecular weight excluding hydrogens is 749 g/mol. The number of aliphatic hydroxyl groups excluding tert-OH is 1. The highest BCUT2D eigenvalue weighted by atomic mass is 28.4. The highest BCUT2D eigenvalue weighted by molar-refractivity contribution is 6.74. The summed E-state index contributed by atoms with van der Waals surface area (Å²) in [6.07, 6.45) is 0.774. The third-order valence-corrected chi connectivity index (χ3v) is 24.6. The topological polar surface area (TPSA) is 103 Å². The van der Waals surface area contributed by atoms with Crippen molar-refractivity contribution in [2.75, 3.05) is 19.8 Å². The van der Waals surface area contributed by atoms with Gasteiger partial charge < -0.3 is 18.7 Å². The van der Waals surface area contributed by atoms with Gasteiger partial charge in [0.25, 0.3) is 0 Å². The summed E-state index contributed by atoms with van der Waals surface area (Å²) in [5, 5.41) is 12.1. The van der Waals surface area contributed by atoms with Crippen LogP contribution in [-0.4, -0.2) is 76.7 Å². The standard InChI is InChI=1S/C44H69F2NO7Si2/c1-29-23-35-41(9,26-36(49)44(46)40(8)20-19-31(48)24-33(40)34(45)25-42(35,44)10)43(29,37(50)28-53-56(13,14)39(5,6)7)54-47-27-30-15-17-32(18-16-30)51-21-22-52-55(11,12)38(2,3)4/h15-20,24,29,34-36,47,49H,21-23,25-28H2,1-14H3/t29-,34+,35-,36+,40+,41+,42+,43+,44+/m1/s1. The van der Waals surface area contributed by atoms with Crippen molar-refractivity contribution < 1.29 is 41.9 Å². The second kappa shape index (κ2) is 14.9. The molecule has 0 radical (unpaired) electrons. The van der Waals surface area contributed by atoms with E-state index in [4.69, 9.17) is 18.4 Å². The van der Waals surface area contributed by atoms with Crippen LogP contribution in [-0.2, 0) is 29.8 Å². The first-order valence-corrected chi connectivity index (χ1v) is 26.3. The number of ketones is 2. The molecule has 3 saturated carbocycles. The predicted molar refractivity (Wildman–Crippen MR) is 222 cm³/mol. The Kier molecular flexibility index (Phi) is 12.0. The number of Topliss-reactive ketones (excluding diaryl/α,β-unsaturated/α-hetero) is 1. The van der Waals surface area contributed by atoms with Crippen molar-refractivity contribution in [3.63, 3.8) is 0 Å². The summed E-state index contributed by atoms with van der Waals surface area (Å²) in [5.74, 6) is -0.957. The van der Waals surface area contributed by atoms with Gasteiger partial charge in [0.05, 0.1) is 19.3 Å². The number of rotatable bonds is 13. The molecule has 0 aliphatic heterocycles. The first-order chi connectivity index (χ1) is 25.5. The second-order valence-electron chi connectivity index (χ2n) is 20.9. The van der Waals surface area contributed by atoms with Gasteiger partial charge in [0.1, 0.15) is 18.5 Å². The molecule has 5 rings (SSSR count). The van der Waals surface area contributed by atoms with E-state index in [0.717, 1.165) is 5.56 Å². The van der Waals surface area contributed by atoms with Crippen LogP contribution in [0.3, 0.4) is 0 Å². The number of nitrogens with one attached hydrogen (secondary N) is 1. The molecule has 2 N–H and O–H groups in total. The number of fused-ring (bicyclic) bond motifs is 5. The molecule has 56 heavy (non-hydrogen) atoms. The van der Waals surface area contributed by atoms with E-state index >= 15 is 8.78 Å². The molecular formula is C44H69F2NO7Si2. The van der Waals surface area contributed by atoms with Crippen molar-refractivity contribution in [3.8, 4) is 5.75 Å². The first kappa shape index (κ1) is 45.0. The zero-order valence-corrected chi connectivity index (χ0v) is 38.5. The molecule has 314 valence electrons. The largest absolute Gasteiger partial charge is 0.491 e. The van der Waals surface area contributed by atoms with Crippen LogP contribution in [0, 0.1) is 28.1 Å². The Hall–Kier alpha value is -2.07. The monoisotopic (exact) mass is 817 g/mol. The van der Waals surface area contributed by atoms with Gasteiger partial charge in [-0.15, -0.1) is 0 Å². The van der Waals surface area contributed by atoms with E-state index in [9.17, 15) is 14.7 Å². The molecule has 0 bridgehead atoms. The third kappa shape index (κ3) is 7.08. The number of hydrogen-bond donors (Lipinski definition) is 2. The fourth-order valence-corrected chi connectivity index (χ4v) is 12.2. The summed E-state index contributed by atoms with van der Waals surface area (Å²) in [4.78, 5) is 34.1. The normalized spacial score (nSPS) is 36.1. The Morgan fingerprint density at radius 3 is 2.11 bits per heavy atom. The fraction of sp³-hybridized carbons (Fsp3) is 0.727. The Labute approximate surface area is 336 Å². The number of alkyl halides is 2. The molecule has 0 heterocycles. The molecule has 0 aromatic heterocycles. The lowest BCUT2D eigenvalue weighted by atomic mass is 9.38. The minimum absolute atomic E-state index is 0.0672. The van der Waals surface area contributed by atoms with Crippen LogP contribution in [0.2, 0.25) is 36.3 Å². The van der Waals surface area contributed by atoms with E-state index in [1.807, 2.05) is 38.1 Å². The van der Waals surface area contributed by atoms with Crippen LogP contribution >= 0.6 is 0 Å². The molecule has 0 amide bonds. The molecule has 0 unspecified atom stereocenters. The quantitative estimate of drug-likeness (QED) is 0.115. The van der Waals surface area contributed by atoms with E-state index in [0.29, 0.717) is 25.4 Å². The Morgan fingerprint density at radius 2 is 1.52 bits per heavy atom. The van der Waals surface area contributed by atoms with Crippen molar-refractivity contribution in [3.05, 3.63) is 53.6 Å². The average Bonchev–Trinajstić information content (AvgIpc) is 3.31. The number of carbonyl (C=O) groups excluding carboxylic acids is 2. The SMILES string of the molecule is C[C@@H]1C[C@H]2[C@]3(C)C[C@H](F)C4=CC(=O)C=C[C@]4(C)[C@@]3(F)[C@@H](O)C[C@]2(C)[C@@]1(ONCc1ccc(OCCO[Si](C)(C)C(C)(C)C)cc1)C(=O)CO[Si](C)(C)C(C)(C)C. The lowest BCUT2D eigenvalue weighted by molar-refractivity contribution is -0.273. The maximum Gasteiger partial charge on any atom is 0.192 e. The van der Waals surface area contributed by atoms with E-state index in [1.54, 1.807) is 13.8 Å². The Balaban J connectivity index is 1.42. The number of benzene rings is 1. The van der Waals surface area contributed by atoms with Gasteiger partial charge >= 0.3 is 0 Å². The van der Waals surface area contributed by atoms with Gasteiger partial charge in [-0.1, -0.05) is 80.5 Å². The van der Waals surface area contributed by atoms with Crippen molar-refractivity contribution in [2.45, 2.75) is 155 Å². The van der Waals surface area contributed by atoms with Crippen LogP contribution < -0.4 is 10.2 Å². The summed E-state index contributed by atoms with van der Waals surface area (Å²) in [5.41, 5.74) is -3.86. The van der Waals surface area contributed by atoms with Crippen LogP contribution in [0.25, 0.3) is 0 Å². The zero-order valence-electron chi connectivity index (χ0n) is 36.5. The Morgan fingerprint density at radius 1 is 0.929 bits per heavy atom. The summed E-state index contributed by atoms with van der Waals surface area (Å²) >= 11 is 0. The highest BCUT2D eigenvalue weighted by Crippen LogP contribution is 2.76. The van der Waals surface area contributed by atoms with E-state index in [1.165, 1.54) is 18.2 Å². The highest BCUT2D eigenvalue weighted by Gasteiger charge is 2.81. The summed E-state index contributed by atoms with van der Waals surface area (Å²) in [6, 6.07) is 7.63. The number of halogens is 2. The van der Waals surface area contributed by atoms with E-state index < -0.39 is 74.0 Å².